The topological polar surface area (TPSA) is 67.4 Å². The molecule has 1 aliphatic carbocycles. The van der Waals surface area contributed by atoms with Crippen LogP contribution < -0.4 is 15.5 Å². The second kappa shape index (κ2) is 8.04. The number of fused-ring (bicyclic) bond motifs is 1. The highest BCUT2D eigenvalue weighted by Crippen LogP contribution is 2.44. The summed E-state index contributed by atoms with van der Waals surface area (Å²) in [6, 6.07) is 17.0. The van der Waals surface area contributed by atoms with Crippen molar-refractivity contribution in [1.82, 2.24) is 9.78 Å². The van der Waals surface area contributed by atoms with E-state index in [2.05, 4.69) is 76.1 Å². The van der Waals surface area contributed by atoms with Crippen molar-refractivity contribution in [3.05, 3.63) is 89.6 Å². The minimum Gasteiger partial charge on any atom is -0.382 e. The van der Waals surface area contributed by atoms with Crippen molar-refractivity contribution >= 4 is 29.2 Å². The quantitative estimate of drug-likeness (QED) is 0.624. The van der Waals surface area contributed by atoms with Gasteiger partial charge in [-0.3, -0.25) is 4.79 Å². The van der Waals surface area contributed by atoms with Crippen LogP contribution in [0.1, 0.15) is 27.2 Å². The zero-order valence-corrected chi connectivity index (χ0v) is 19.0. The number of allylic oxidation sites excluding steroid dienone is 2. The third-order valence-corrected chi connectivity index (χ3v) is 6.17. The maximum absolute atomic E-state index is 12.6. The number of nitrogen functional groups attached to an aromatic ring is 1. The molecule has 0 atom stereocenters. The summed E-state index contributed by atoms with van der Waals surface area (Å²) in [7, 11) is 8.13. The molecule has 6 heteroatoms. The molecule has 1 heterocycles. The Morgan fingerprint density at radius 3 is 2.12 bits per heavy atom. The first kappa shape index (κ1) is 21.4. The van der Waals surface area contributed by atoms with E-state index in [-0.39, 0.29) is 5.91 Å². The molecule has 0 amide bonds. The number of aromatic nitrogens is 2. The van der Waals surface area contributed by atoms with Crippen LogP contribution >= 0.6 is 0 Å². The molecule has 3 aromatic rings. The average molecular weight is 428 g/mol. The normalized spacial score (nSPS) is 14.0. The molecule has 1 aromatic heterocycles. The molecule has 0 saturated carbocycles. The SMILES string of the molecule is C=CC(=O)n1nc(N)c2c1CC(c1cccc(N(C)C)c1)(c1cccc(N(C)C)c1)C=C2. The summed E-state index contributed by atoms with van der Waals surface area (Å²) in [6.45, 7) is 3.63. The molecule has 0 aliphatic heterocycles. The van der Waals surface area contributed by atoms with Gasteiger partial charge in [0.05, 0.1) is 5.69 Å². The number of hydrogen-bond acceptors (Lipinski definition) is 5. The minimum absolute atomic E-state index is 0.286. The van der Waals surface area contributed by atoms with E-state index in [1.165, 1.54) is 10.8 Å². The smallest absolute Gasteiger partial charge is 0.270 e. The molecule has 0 radical (unpaired) electrons. The van der Waals surface area contributed by atoms with E-state index in [0.717, 1.165) is 33.8 Å². The summed E-state index contributed by atoms with van der Waals surface area (Å²) >= 11 is 0. The summed E-state index contributed by atoms with van der Waals surface area (Å²) in [5.74, 6) is 0.0652. The standard InChI is InChI=1S/C26H29N5O/c1-6-24(32)31-23-17-26(14-13-22(23)25(27)28-31,18-9-7-11-20(15-18)29(2)3)19-10-8-12-21(16-19)30(4)5/h6-16H,1,17H2,2-5H3,(H2,27,28). The summed E-state index contributed by atoms with van der Waals surface area (Å²) < 4.78 is 1.39. The molecule has 1 aliphatic rings. The van der Waals surface area contributed by atoms with Crippen molar-refractivity contribution in [2.45, 2.75) is 11.8 Å². The van der Waals surface area contributed by atoms with E-state index < -0.39 is 5.41 Å². The first-order chi connectivity index (χ1) is 15.3. The Bertz CT molecular complexity index is 1170. The molecule has 2 N–H and O–H groups in total. The van der Waals surface area contributed by atoms with Crippen LogP contribution in [0.25, 0.3) is 6.08 Å². The number of benzene rings is 2. The van der Waals surface area contributed by atoms with Gasteiger partial charge >= 0.3 is 0 Å². The van der Waals surface area contributed by atoms with Crippen LogP contribution in [0.15, 0.2) is 67.3 Å². The molecule has 0 bridgehead atoms. The van der Waals surface area contributed by atoms with Crippen LogP contribution in [-0.2, 0) is 11.8 Å². The average Bonchev–Trinajstić information content (AvgIpc) is 3.14. The van der Waals surface area contributed by atoms with Gasteiger partial charge in [-0.15, -0.1) is 5.10 Å². The largest absolute Gasteiger partial charge is 0.382 e. The Hall–Kier alpha value is -3.80. The van der Waals surface area contributed by atoms with E-state index in [4.69, 9.17) is 5.73 Å². The zero-order valence-electron chi connectivity index (χ0n) is 19.0. The van der Waals surface area contributed by atoms with Gasteiger partial charge in [0.1, 0.15) is 0 Å². The van der Waals surface area contributed by atoms with Crippen LogP contribution in [-0.4, -0.2) is 43.9 Å². The monoisotopic (exact) mass is 427 g/mol. The lowest BCUT2D eigenvalue weighted by Crippen LogP contribution is -2.33. The fourth-order valence-electron chi connectivity index (χ4n) is 4.34. The summed E-state index contributed by atoms with van der Waals surface area (Å²) in [4.78, 5) is 16.7. The van der Waals surface area contributed by atoms with Crippen LogP contribution in [0.2, 0.25) is 0 Å². The number of nitrogens with zero attached hydrogens (tertiary/aromatic N) is 4. The molecule has 2 aromatic carbocycles. The number of anilines is 3. The highest BCUT2D eigenvalue weighted by molar-refractivity contribution is 5.91. The van der Waals surface area contributed by atoms with E-state index in [1.807, 2.05) is 34.3 Å². The Balaban J connectivity index is 1.98. The molecule has 4 rings (SSSR count). The molecule has 0 unspecified atom stereocenters. The molecular weight excluding hydrogens is 398 g/mol. The van der Waals surface area contributed by atoms with E-state index >= 15 is 0 Å². The number of hydrogen-bond donors (Lipinski definition) is 1. The van der Waals surface area contributed by atoms with Crippen LogP contribution in [0.4, 0.5) is 17.2 Å². The van der Waals surface area contributed by atoms with Gasteiger partial charge in [-0.05, 0) is 41.5 Å². The van der Waals surface area contributed by atoms with Crippen LogP contribution in [0, 0.1) is 0 Å². The lowest BCUT2D eigenvalue weighted by molar-refractivity contribution is 0.0950. The van der Waals surface area contributed by atoms with Gasteiger partial charge in [0.2, 0.25) is 0 Å². The number of carbonyl (C=O) groups excluding carboxylic acids is 1. The first-order valence-electron chi connectivity index (χ1n) is 10.6. The zero-order chi connectivity index (χ0) is 23.0. The fraction of sp³-hybridized carbons (Fsp3) is 0.231. The molecule has 164 valence electrons. The van der Waals surface area contributed by atoms with Gasteiger partial charge in [-0.1, -0.05) is 43.0 Å². The predicted molar refractivity (Wildman–Crippen MR) is 133 cm³/mol. The number of rotatable bonds is 5. The maximum Gasteiger partial charge on any atom is 0.270 e. The van der Waals surface area contributed by atoms with E-state index in [9.17, 15) is 4.79 Å². The second-order valence-corrected chi connectivity index (χ2v) is 8.57. The third-order valence-electron chi connectivity index (χ3n) is 6.17. The highest BCUT2D eigenvalue weighted by Gasteiger charge is 2.38. The van der Waals surface area contributed by atoms with Gasteiger partial charge in [0.15, 0.2) is 5.82 Å². The molecule has 0 saturated heterocycles. The molecule has 0 fully saturated rings. The highest BCUT2D eigenvalue weighted by atomic mass is 16.2. The van der Waals surface area contributed by atoms with Crippen molar-refractivity contribution in [1.29, 1.82) is 0 Å². The maximum atomic E-state index is 12.6. The number of carbonyl (C=O) groups is 1. The van der Waals surface area contributed by atoms with Crippen molar-refractivity contribution in [2.75, 3.05) is 43.7 Å². The predicted octanol–water partition coefficient (Wildman–Crippen LogP) is 3.98. The fourth-order valence-corrected chi connectivity index (χ4v) is 4.34. The first-order valence-corrected chi connectivity index (χ1v) is 10.6. The van der Waals surface area contributed by atoms with Crippen molar-refractivity contribution < 1.29 is 4.79 Å². The Morgan fingerprint density at radius 1 is 1.06 bits per heavy atom. The van der Waals surface area contributed by atoms with Gasteiger partial charge in [-0.2, -0.15) is 4.68 Å². The lowest BCUT2D eigenvalue weighted by atomic mass is 9.68. The molecular formula is C26H29N5O. The van der Waals surface area contributed by atoms with Crippen LogP contribution in [0.3, 0.4) is 0 Å². The Kier molecular flexibility index (Phi) is 5.38. The number of nitrogens with two attached hydrogens (primary N) is 1. The second-order valence-electron chi connectivity index (χ2n) is 8.57. The van der Waals surface area contributed by atoms with Crippen molar-refractivity contribution in [3.63, 3.8) is 0 Å². The van der Waals surface area contributed by atoms with Gasteiger partial charge in [0.25, 0.3) is 5.91 Å². The van der Waals surface area contributed by atoms with E-state index in [0.29, 0.717) is 12.2 Å². The van der Waals surface area contributed by atoms with Gasteiger partial charge in [-0.25, -0.2) is 0 Å². The molecule has 6 nitrogen and oxygen atoms in total. The Labute approximate surface area is 189 Å². The summed E-state index contributed by atoms with van der Waals surface area (Å²) in [5.41, 5.74) is 11.8. The van der Waals surface area contributed by atoms with Gasteiger partial charge in [0, 0.05) is 57.0 Å². The lowest BCUT2D eigenvalue weighted by Gasteiger charge is -2.36. The summed E-state index contributed by atoms with van der Waals surface area (Å²) in [5, 5.41) is 4.31. The minimum atomic E-state index is -0.489. The summed E-state index contributed by atoms with van der Waals surface area (Å²) in [6.07, 6.45) is 6.01. The third kappa shape index (κ3) is 3.47. The van der Waals surface area contributed by atoms with Gasteiger partial charge < -0.3 is 15.5 Å². The molecule has 32 heavy (non-hydrogen) atoms. The van der Waals surface area contributed by atoms with Crippen LogP contribution in [0.5, 0.6) is 0 Å². The Morgan fingerprint density at radius 2 is 1.62 bits per heavy atom. The van der Waals surface area contributed by atoms with Crippen molar-refractivity contribution in [2.24, 2.45) is 0 Å². The van der Waals surface area contributed by atoms with E-state index in [1.54, 1.807) is 0 Å². The molecule has 0 spiro atoms. The van der Waals surface area contributed by atoms with Crippen molar-refractivity contribution in [3.8, 4) is 0 Å².